The van der Waals surface area contributed by atoms with Crippen molar-refractivity contribution in [3.05, 3.63) is 65.7 Å². The number of benzene rings is 2. The van der Waals surface area contributed by atoms with Crippen LogP contribution in [0, 0.1) is 6.92 Å². The molecule has 2 atom stereocenters. The Morgan fingerprint density at radius 2 is 1.89 bits per heavy atom. The molecule has 194 valence electrons. The maximum atomic E-state index is 10.8. The molecule has 0 saturated carbocycles. The van der Waals surface area contributed by atoms with E-state index >= 15 is 0 Å². The van der Waals surface area contributed by atoms with Crippen LogP contribution in [0.2, 0.25) is 0 Å². The molecule has 36 heavy (non-hydrogen) atoms. The van der Waals surface area contributed by atoms with Gasteiger partial charge in [0.05, 0.1) is 30.5 Å². The molecule has 0 aliphatic carbocycles. The molecule has 1 aromatic heterocycles. The summed E-state index contributed by atoms with van der Waals surface area (Å²) in [6.07, 6.45) is 1.72. The summed E-state index contributed by atoms with van der Waals surface area (Å²) in [6.45, 7) is 8.88. The highest BCUT2D eigenvalue weighted by atomic mass is 16.5. The van der Waals surface area contributed by atoms with Gasteiger partial charge >= 0.3 is 0 Å². The Morgan fingerprint density at radius 3 is 2.56 bits per heavy atom. The first-order chi connectivity index (χ1) is 17.4. The van der Waals surface area contributed by atoms with Gasteiger partial charge in [-0.25, -0.2) is 4.68 Å². The van der Waals surface area contributed by atoms with Crippen molar-refractivity contribution in [2.45, 2.75) is 58.5 Å². The van der Waals surface area contributed by atoms with E-state index in [0.717, 1.165) is 48.6 Å². The summed E-state index contributed by atoms with van der Waals surface area (Å²) >= 11 is 0. The van der Waals surface area contributed by atoms with Crippen molar-refractivity contribution in [1.82, 2.24) is 14.7 Å². The molecule has 1 fully saturated rings. The lowest BCUT2D eigenvalue weighted by Crippen LogP contribution is -2.39. The Balaban J connectivity index is 1.65. The minimum Gasteiger partial charge on any atom is -0.439 e. The van der Waals surface area contributed by atoms with Crippen molar-refractivity contribution in [2.75, 3.05) is 26.3 Å². The monoisotopic (exact) mass is 493 g/mol. The number of ether oxygens (including phenoxy) is 3. The van der Waals surface area contributed by atoms with Gasteiger partial charge in [-0.1, -0.05) is 48.0 Å². The summed E-state index contributed by atoms with van der Waals surface area (Å²) in [5.41, 5.74) is 4.07. The van der Waals surface area contributed by atoms with E-state index in [1.807, 2.05) is 63.4 Å². The van der Waals surface area contributed by atoms with E-state index in [-0.39, 0.29) is 12.2 Å². The highest BCUT2D eigenvalue weighted by Crippen LogP contribution is 2.34. The summed E-state index contributed by atoms with van der Waals surface area (Å²) in [5.74, 6) is 1.46. The maximum absolute atomic E-state index is 10.8. The lowest BCUT2D eigenvalue weighted by atomic mass is 10.1. The average Bonchev–Trinajstić information content (AvgIpc) is 3.48. The summed E-state index contributed by atoms with van der Waals surface area (Å²) < 4.78 is 19.8. The molecule has 1 aliphatic heterocycles. The van der Waals surface area contributed by atoms with Gasteiger partial charge < -0.3 is 19.3 Å². The van der Waals surface area contributed by atoms with E-state index in [0.29, 0.717) is 25.6 Å². The van der Waals surface area contributed by atoms with E-state index in [2.05, 4.69) is 24.0 Å². The number of rotatable bonds is 12. The molecule has 0 bridgehead atoms. The summed E-state index contributed by atoms with van der Waals surface area (Å²) in [5, 5.41) is 15.6. The molecule has 7 heteroatoms. The van der Waals surface area contributed by atoms with Crippen molar-refractivity contribution in [3.63, 3.8) is 0 Å². The second-order valence-electron chi connectivity index (χ2n) is 9.90. The van der Waals surface area contributed by atoms with Gasteiger partial charge in [-0.15, -0.1) is 0 Å². The van der Waals surface area contributed by atoms with E-state index in [4.69, 9.17) is 19.3 Å². The Hall–Kier alpha value is -2.71. The van der Waals surface area contributed by atoms with Crippen LogP contribution in [0.3, 0.4) is 0 Å². The van der Waals surface area contributed by atoms with Gasteiger partial charge in [0.1, 0.15) is 11.4 Å². The molecule has 2 aromatic carbocycles. The smallest absolute Gasteiger partial charge is 0.222 e. The van der Waals surface area contributed by atoms with Crippen LogP contribution in [0.25, 0.3) is 11.3 Å². The van der Waals surface area contributed by atoms with Crippen LogP contribution in [-0.2, 0) is 23.1 Å². The van der Waals surface area contributed by atoms with Crippen LogP contribution >= 0.6 is 0 Å². The van der Waals surface area contributed by atoms with Gasteiger partial charge in [0.15, 0.2) is 0 Å². The van der Waals surface area contributed by atoms with E-state index < -0.39 is 6.10 Å². The predicted molar refractivity (Wildman–Crippen MR) is 141 cm³/mol. The Bertz CT molecular complexity index is 1080. The first-order valence-electron chi connectivity index (χ1n) is 12.9. The Morgan fingerprint density at radius 1 is 1.14 bits per heavy atom. The zero-order valence-electron chi connectivity index (χ0n) is 21.9. The molecule has 1 N–H and O–H groups in total. The lowest BCUT2D eigenvalue weighted by Gasteiger charge is -2.28. The van der Waals surface area contributed by atoms with Crippen molar-refractivity contribution < 1.29 is 19.3 Å². The van der Waals surface area contributed by atoms with Crippen molar-refractivity contribution >= 4 is 0 Å². The summed E-state index contributed by atoms with van der Waals surface area (Å²) in [6, 6.07) is 18.2. The quantitative estimate of drug-likeness (QED) is 0.385. The number of hydrogen-bond donors (Lipinski definition) is 1. The number of hydrogen-bond acceptors (Lipinski definition) is 6. The molecule has 0 radical (unpaired) electrons. The third-order valence-corrected chi connectivity index (χ3v) is 6.33. The van der Waals surface area contributed by atoms with Crippen LogP contribution in [-0.4, -0.2) is 64.4 Å². The molecule has 3 aromatic rings. The fourth-order valence-electron chi connectivity index (χ4n) is 4.53. The topological polar surface area (TPSA) is 69.0 Å². The number of aliphatic hydroxyl groups is 1. The van der Waals surface area contributed by atoms with Crippen molar-refractivity contribution in [2.24, 2.45) is 7.05 Å². The van der Waals surface area contributed by atoms with Crippen LogP contribution in [0.4, 0.5) is 0 Å². The number of nitrogens with zero attached hydrogens (tertiary/aromatic N) is 3. The van der Waals surface area contributed by atoms with Crippen molar-refractivity contribution in [1.29, 1.82) is 0 Å². The number of aliphatic hydroxyl groups excluding tert-OH is 1. The van der Waals surface area contributed by atoms with Gasteiger partial charge in [-0.3, -0.25) is 4.90 Å². The molecular weight excluding hydrogens is 454 g/mol. The maximum Gasteiger partial charge on any atom is 0.222 e. The van der Waals surface area contributed by atoms with Crippen LogP contribution in [0.1, 0.15) is 37.8 Å². The molecule has 0 amide bonds. The zero-order valence-corrected chi connectivity index (χ0v) is 21.9. The van der Waals surface area contributed by atoms with Gasteiger partial charge in [-0.2, -0.15) is 5.10 Å². The molecule has 0 unspecified atom stereocenters. The van der Waals surface area contributed by atoms with Crippen LogP contribution in [0.5, 0.6) is 11.6 Å². The van der Waals surface area contributed by atoms with Gasteiger partial charge in [0, 0.05) is 38.9 Å². The predicted octanol–water partition coefficient (Wildman–Crippen LogP) is 4.95. The fourth-order valence-corrected chi connectivity index (χ4v) is 4.53. The normalized spacial score (nSPS) is 16.7. The van der Waals surface area contributed by atoms with Gasteiger partial charge in [0.25, 0.3) is 0 Å². The van der Waals surface area contributed by atoms with E-state index in [1.54, 1.807) is 4.68 Å². The molecule has 1 aliphatic rings. The SMILES string of the molecule is Cc1ccc(Oc2c(CN(C[C@@H](O)COC(C)C)C[C@H]3CCCO3)c(-c3ccccc3)nn2C)cc1. The zero-order chi connectivity index (χ0) is 25.5. The van der Waals surface area contributed by atoms with Gasteiger partial charge in [-0.05, 0) is 45.7 Å². The van der Waals surface area contributed by atoms with Crippen LogP contribution < -0.4 is 4.74 Å². The third-order valence-electron chi connectivity index (χ3n) is 6.33. The second-order valence-corrected chi connectivity index (χ2v) is 9.90. The molecule has 7 nitrogen and oxygen atoms in total. The molecular formula is C29H39N3O4. The average molecular weight is 494 g/mol. The number of aryl methyl sites for hydroxylation is 2. The first kappa shape index (κ1) is 26.4. The lowest BCUT2D eigenvalue weighted by molar-refractivity contribution is -0.0172. The molecule has 4 rings (SSSR count). The summed E-state index contributed by atoms with van der Waals surface area (Å²) in [7, 11) is 1.91. The molecule has 1 saturated heterocycles. The summed E-state index contributed by atoms with van der Waals surface area (Å²) in [4.78, 5) is 2.25. The van der Waals surface area contributed by atoms with Crippen LogP contribution in [0.15, 0.2) is 54.6 Å². The minimum absolute atomic E-state index is 0.0729. The first-order valence-corrected chi connectivity index (χ1v) is 12.9. The van der Waals surface area contributed by atoms with Gasteiger partial charge in [0.2, 0.25) is 5.88 Å². The minimum atomic E-state index is -0.605. The third kappa shape index (κ3) is 7.17. The highest BCUT2D eigenvalue weighted by molar-refractivity contribution is 5.65. The fraction of sp³-hybridized carbons (Fsp3) is 0.483. The largest absolute Gasteiger partial charge is 0.439 e. The molecule has 2 heterocycles. The standard InChI is InChI=1S/C29H39N3O4/c1-21(2)35-20-24(33)17-32(18-26-11-8-16-34-26)19-27-28(23-9-6-5-7-10-23)30-31(4)29(27)36-25-14-12-22(3)13-15-25/h5-7,9-10,12-15,21,24,26,33H,8,11,16-20H2,1-4H3/t24-,26-/m1/s1. The highest BCUT2D eigenvalue weighted by Gasteiger charge is 2.26. The Kier molecular flexibility index (Phi) is 9.15. The van der Waals surface area contributed by atoms with E-state index in [9.17, 15) is 5.11 Å². The molecule has 0 spiro atoms. The van der Waals surface area contributed by atoms with E-state index in [1.165, 1.54) is 5.56 Å². The second kappa shape index (κ2) is 12.5. The Labute approximate surface area is 214 Å². The van der Waals surface area contributed by atoms with Crippen molar-refractivity contribution in [3.8, 4) is 22.9 Å². The number of aromatic nitrogens is 2.